The minimum Gasteiger partial charge on any atom is -0.462 e. The number of esters is 1. The van der Waals surface area contributed by atoms with E-state index in [0.29, 0.717) is 28.5 Å². The number of rotatable bonds is 10. The molecule has 0 amide bonds. The number of thiocarbonyl (C=S) groups is 1. The Morgan fingerprint density at radius 2 is 2.04 bits per heavy atom. The number of carbonyl (C=O) groups is 1. The fourth-order valence-corrected chi connectivity index (χ4v) is 5.52. The van der Waals surface area contributed by atoms with Crippen molar-refractivity contribution >= 4 is 45.2 Å². The molecule has 0 bridgehead atoms. The van der Waals surface area contributed by atoms with Crippen molar-refractivity contribution in [2.75, 3.05) is 19.0 Å². The summed E-state index contributed by atoms with van der Waals surface area (Å²) < 4.78 is 6.29. The van der Waals surface area contributed by atoms with Gasteiger partial charge >= 0.3 is 5.97 Å². The third-order valence-electron chi connectivity index (χ3n) is 4.44. The Labute approximate surface area is 170 Å². The van der Waals surface area contributed by atoms with Crippen molar-refractivity contribution in [2.24, 2.45) is 5.41 Å². The van der Waals surface area contributed by atoms with E-state index in [9.17, 15) is 10.1 Å². The summed E-state index contributed by atoms with van der Waals surface area (Å²) in [5, 5.41) is 27.1. The maximum absolute atomic E-state index is 12.8. The molecule has 0 radical (unpaired) electrons. The topological polar surface area (TPSA) is 90.5 Å². The zero-order valence-corrected chi connectivity index (χ0v) is 17.8. The number of carbonyl (C=O) groups excluding carboxylic acids is 1. The van der Waals surface area contributed by atoms with Crippen LogP contribution >= 0.6 is 35.7 Å². The molecule has 5 nitrogen and oxygen atoms in total. The molecule has 1 aliphatic rings. The molecular formula is C18H29NO4S3. The van der Waals surface area contributed by atoms with E-state index in [1.807, 2.05) is 6.92 Å². The van der Waals surface area contributed by atoms with Crippen LogP contribution in [0.2, 0.25) is 0 Å². The SMILES string of the molecule is CC(C#N)(CCCO)CC(SC(=S)SCCO)C(=O)OC1CCCCC1. The lowest BCUT2D eigenvalue weighted by atomic mass is 9.82. The second kappa shape index (κ2) is 12.9. The van der Waals surface area contributed by atoms with E-state index >= 15 is 0 Å². The van der Waals surface area contributed by atoms with E-state index in [1.165, 1.54) is 29.9 Å². The highest BCUT2D eigenvalue weighted by atomic mass is 32.2. The van der Waals surface area contributed by atoms with Gasteiger partial charge in [0, 0.05) is 12.4 Å². The first-order valence-corrected chi connectivity index (χ1v) is 11.4. The van der Waals surface area contributed by atoms with Gasteiger partial charge in [0.25, 0.3) is 0 Å². The molecule has 8 heteroatoms. The van der Waals surface area contributed by atoms with Crippen molar-refractivity contribution in [3.63, 3.8) is 0 Å². The monoisotopic (exact) mass is 419 g/mol. The molecule has 0 spiro atoms. The lowest BCUT2D eigenvalue weighted by Crippen LogP contribution is -2.32. The largest absolute Gasteiger partial charge is 0.462 e. The van der Waals surface area contributed by atoms with Crippen LogP contribution < -0.4 is 0 Å². The summed E-state index contributed by atoms with van der Waals surface area (Å²) in [5.41, 5.74) is -0.719. The van der Waals surface area contributed by atoms with Crippen molar-refractivity contribution < 1.29 is 19.7 Å². The quantitative estimate of drug-likeness (QED) is 0.409. The van der Waals surface area contributed by atoms with Gasteiger partial charge in [-0.25, -0.2) is 0 Å². The van der Waals surface area contributed by atoms with Gasteiger partial charge in [0.05, 0.1) is 18.1 Å². The van der Waals surface area contributed by atoms with Crippen molar-refractivity contribution in [1.29, 1.82) is 5.26 Å². The van der Waals surface area contributed by atoms with E-state index < -0.39 is 10.7 Å². The third kappa shape index (κ3) is 9.05. The maximum atomic E-state index is 12.8. The highest BCUT2D eigenvalue weighted by molar-refractivity contribution is 8.47. The molecule has 148 valence electrons. The Morgan fingerprint density at radius 3 is 2.62 bits per heavy atom. The fourth-order valence-electron chi connectivity index (χ4n) is 2.96. The first kappa shape index (κ1) is 23.7. The second-order valence-corrected chi connectivity index (χ2v) is 10.3. The van der Waals surface area contributed by atoms with Crippen LogP contribution in [0.3, 0.4) is 0 Å². The van der Waals surface area contributed by atoms with E-state index in [1.54, 1.807) is 0 Å². The summed E-state index contributed by atoms with van der Waals surface area (Å²) in [6.45, 7) is 1.86. The highest BCUT2D eigenvalue weighted by Gasteiger charge is 2.35. The molecule has 0 heterocycles. The molecule has 0 saturated heterocycles. The van der Waals surface area contributed by atoms with Crippen LogP contribution in [0.4, 0.5) is 0 Å². The molecule has 1 fully saturated rings. The Hall–Kier alpha value is -0.330. The van der Waals surface area contributed by atoms with Gasteiger partial charge < -0.3 is 14.9 Å². The van der Waals surface area contributed by atoms with Crippen LogP contribution in [0.1, 0.15) is 58.3 Å². The predicted octanol–water partition coefficient (Wildman–Crippen LogP) is 3.67. The molecule has 0 aromatic heterocycles. The number of ether oxygens (including phenoxy) is 1. The maximum Gasteiger partial charge on any atom is 0.319 e. The molecule has 2 N–H and O–H groups in total. The van der Waals surface area contributed by atoms with Gasteiger partial charge in [-0.05, 0) is 51.9 Å². The van der Waals surface area contributed by atoms with Crippen LogP contribution in [-0.4, -0.2) is 50.0 Å². The highest BCUT2D eigenvalue weighted by Crippen LogP contribution is 2.36. The summed E-state index contributed by atoms with van der Waals surface area (Å²) in [5.74, 6) is 0.176. The fraction of sp³-hybridized carbons (Fsp3) is 0.833. The van der Waals surface area contributed by atoms with Crippen LogP contribution in [0.5, 0.6) is 0 Å². The Kier molecular flexibility index (Phi) is 11.8. The molecule has 2 atom stereocenters. The number of nitriles is 1. The molecule has 0 aromatic carbocycles. The standard InChI is InChI=1S/C18H29NO4S3/c1-18(13-19,8-5-9-20)12-15(26-17(24)25-11-10-21)16(22)23-14-6-3-2-4-7-14/h14-15,20-21H,2-12H2,1H3. The lowest BCUT2D eigenvalue weighted by Gasteiger charge is -2.28. The van der Waals surface area contributed by atoms with Gasteiger partial charge in [0.1, 0.15) is 14.9 Å². The van der Waals surface area contributed by atoms with Gasteiger partial charge in [-0.1, -0.05) is 30.4 Å². The van der Waals surface area contributed by atoms with Crippen molar-refractivity contribution in [1.82, 2.24) is 0 Å². The zero-order valence-electron chi connectivity index (χ0n) is 15.3. The minimum atomic E-state index is -0.719. The predicted molar refractivity (Wildman–Crippen MR) is 111 cm³/mol. The number of hydrogen-bond acceptors (Lipinski definition) is 8. The molecule has 1 rings (SSSR count). The van der Waals surface area contributed by atoms with Gasteiger partial charge in [0.2, 0.25) is 0 Å². The molecule has 0 aromatic rings. The van der Waals surface area contributed by atoms with Gasteiger partial charge in [-0.2, -0.15) is 5.26 Å². The first-order valence-electron chi connectivity index (χ1n) is 9.11. The van der Waals surface area contributed by atoms with Gasteiger partial charge in [-0.15, -0.1) is 11.8 Å². The summed E-state index contributed by atoms with van der Waals surface area (Å²) in [6.07, 6.45) is 6.46. The number of hydrogen-bond donors (Lipinski definition) is 2. The van der Waals surface area contributed by atoms with Crippen LogP contribution in [-0.2, 0) is 9.53 Å². The molecule has 0 aliphatic heterocycles. The second-order valence-electron chi connectivity index (χ2n) is 6.83. The zero-order chi connectivity index (χ0) is 19.4. The smallest absolute Gasteiger partial charge is 0.319 e. The van der Waals surface area contributed by atoms with E-state index in [2.05, 4.69) is 6.07 Å². The van der Waals surface area contributed by atoms with E-state index in [0.717, 1.165) is 25.7 Å². The van der Waals surface area contributed by atoms with Crippen LogP contribution in [0.25, 0.3) is 0 Å². The number of aliphatic hydroxyl groups excluding tert-OH is 2. The Morgan fingerprint density at radius 1 is 1.35 bits per heavy atom. The van der Waals surface area contributed by atoms with Crippen molar-refractivity contribution in [2.45, 2.75) is 69.6 Å². The number of aliphatic hydroxyl groups is 2. The van der Waals surface area contributed by atoms with Crippen LogP contribution in [0, 0.1) is 16.7 Å². The van der Waals surface area contributed by atoms with Gasteiger partial charge in [0.15, 0.2) is 0 Å². The Balaban J connectivity index is 2.77. The first-order chi connectivity index (χ1) is 12.4. The molecular weight excluding hydrogens is 390 g/mol. The molecule has 1 saturated carbocycles. The number of thioether (sulfide) groups is 2. The summed E-state index contributed by atoms with van der Waals surface area (Å²) in [7, 11) is 0. The third-order valence-corrected chi connectivity index (χ3v) is 7.18. The molecule has 26 heavy (non-hydrogen) atoms. The Bertz CT molecular complexity index is 491. The normalized spacial score (nSPS) is 18.5. The summed E-state index contributed by atoms with van der Waals surface area (Å²) in [4.78, 5) is 12.8. The number of nitrogens with zero attached hydrogens (tertiary/aromatic N) is 1. The van der Waals surface area contributed by atoms with Crippen molar-refractivity contribution in [3.8, 4) is 6.07 Å². The minimum absolute atomic E-state index is 0.0202. The molecule has 1 aliphatic carbocycles. The van der Waals surface area contributed by atoms with Crippen LogP contribution in [0.15, 0.2) is 0 Å². The average molecular weight is 420 g/mol. The average Bonchev–Trinajstić information content (AvgIpc) is 2.65. The van der Waals surface area contributed by atoms with Gasteiger partial charge in [-0.3, -0.25) is 4.79 Å². The van der Waals surface area contributed by atoms with E-state index in [-0.39, 0.29) is 25.3 Å². The lowest BCUT2D eigenvalue weighted by molar-refractivity contribution is -0.150. The molecule has 2 unspecified atom stereocenters. The van der Waals surface area contributed by atoms with Crippen molar-refractivity contribution in [3.05, 3.63) is 0 Å². The summed E-state index contributed by atoms with van der Waals surface area (Å²) in [6, 6.07) is 2.30. The summed E-state index contributed by atoms with van der Waals surface area (Å²) >= 11 is 7.90. The van der Waals surface area contributed by atoms with E-state index in [4.69, 9.17) is 27.2 Å².